The highest BCUT2D eigenvalue weighted by Gasteiger charge is 2.37. The van der Waals surface area contributed by atoms with Gasteiger partial charge in [0, 0.05) is 13.1 Å². The summed E-state index contributed by atoms with van der Waals surface area (Å²) in [6.45, 7) is 3.91. The average Bonchev–Trinajstić information content (AvgIpc) is 2.84. The Hall–Kier alpha value is -3.02. The lowest BCUT2D eigenvalue weighted by Crippen LogP contribution is -2.42. The van der Waals surface area contributed by atoms with Crippen LogP contribution in [-0.4, -0.2) is 40.6 Å². The summed E-state index contributed by atoms with van der Waals surface area (Å²) in [5, 5.41) is 0. The molecule has 5 nitrogen and oxygen atoms in total. The van der Waals surface area contributed by atoms with Crippen molar-refractivity contribution >= 4 is 17.7 Å². The number of rotatable bonds is 5. The van der Waals surface area contributed by atoms with Crippen LogP contribution in [0, 0.1) is 12.7 Å². The zero-order chi connectivity index (χ0) is 18.8. The standard InChI is InChI=1S/C20H19FN2O3/c1-3-22(11-14-5-4-6-15(21)10-14)18(24)12-23-19(25)16-8-7-13(2)9-17(16)20(23)26/h4-10H,3,11-12H2,1-2H3. The second kappa shape index (κ2) is 7.07. The van der Waals surface area contributed by atoms with Crippen LogP contribution in [0.15, 0.2) is 42.5 Å². The van der Waals surface area contributed by atoms with Gasteiger partial charge in [-0.1, -0.05) is 23.8 Å². The third kappa shape index (κ3) is 3.35. The number of halogens is 1. The molecule has 1 heterocycles. The fourth-order valence-corrected chi connectivity index (χ4v) is 3.02. The fraction of sp³-hybridized carbons (Fsp3) is 0.250. The Morgan fingerprint density at radius 2 is 1.81 bits per heavy atom. The minimum absolute atomic E-state index is 0.218. The molecule has 2 aromatic carbocycles. The van der Waals surface area contributed by atoms with Gasteiger partial charge in [0.2, 0.25) is 5.91 Å². The molecule has 0 spiro atoms. The van der Waals surface area contributed by atoms with Gasteiger partial charge in [0.25, 0.3) is 11.8 Å². The largest absolute Gasteiger partial charge is 0.337 e. The summed E-state index contributed by atoms with van der Waals surface area (Å²) in [5.41, 5.74) is 2.18. The number of carbonyl (C=O) groups excluding carboxylic acids is 3. The smallest absolute Gasteiger partial charge is 0.262 e. The number of carbonyl (C=O) groups is 3. The lowest BCUT2D eigenvalue weighted by molar-refractivity contribution is -0.131. The summed E-state index contributed by atoms with van der Waals surface area (Å²) >= 11 is 0. The Labute approximate surface area is 151 Å². The number of amides is 3. The van der Waals surface area contributed by atoms with Crippen LogP contribution in [0.25, 0.3) is 0 Å². The number of aryl methyl sites for hydroxylation is 1. The van der Waals surface area contributed by atoms with Crippen molar-refractivity contribution in [2.24, 2.45) is 0 Å². The summed E-state index contributed by atoms with van der Waals surface area (Å²) < 4.78 is 13.3. The van der Waals surface area contributed by atoms with Gasteiger partial charge < -0.3 is 4.90 Å². The van der Waals surface area contributed by atoms with Gasteiger partial charge in [-0.25, -0.2) is 4.39 Å². The van der Waals surface area contributed by atoms with Crippen LogP contribution in [-0.2, 0) is 11.3 Å². The zero-order valence-electron chi connectivity index (χ0n) is 14.7. The predicted molar refractivity (Wildman–Crippen MR) is 94.0 cm³/mol. The molecule has 1 aliphatic rings. The lowest BCUT2D eigenvalue weighted by atomic mass is 10.1. The quantitative estimate of drug-likeness (QED) is 0.776. The molecular weight excluding hydrogens is 335 g/mol. The van der Waals surface area contributed by atoms with E-state index >= 15 is 0 Å². The highest BCUT2D eigenvalue weighted by Crippen LogP contribution is 2.24. The Balaban J connectivity index is 1.74. The Kier molecular flexibility index (Phi) is 4.84. The van der Waals surface area contributed by atoms with Crippen molar-refractivity contribution in [3.63, 3.8) is 0 Å². The molecule has 0 unspecified atom stereocenters. The van der Waals surface area contributed by atoms with Gasteiger partial charge in [-0.05, 0) is 43.7 Å². The monoisotopic (exact) mass is 354 g/mol. The molecular formula is C20H19FN2O3. The van der Waals surface area contributed by atoms with Gasteiger partial charge in [-0.3, -0.25) is 19.3 Å². The van der Waals surface area contributed by atoms with E-state index in [2.05, 4.69) is 0 Å². The molecule has 0 saturated carbocycles. The van der Waals surface area contributed by atoms with E-state index in [0.717, 1.165) is 10.5 Å². The molecule has 0 N–H and O–H groups in total. The molecule has 2 aromatic rings. The van der Waals surface area contributed by atoms with Crippen molar-refractivity contribution in [1.29, 1.82) is 0 Å². The summed E-state index contributed by atoms with van der Waals surface area (Å²) in [4.78, 5) is 40.0. The molecule has 0 fully saturated rings. The molecule has 0 atom stereocenters. The predicted octanol–water partition coefficient (Wildman–Crippen LogP) is 2.78. The molecule has 1 aliphatic heterocycles. The van der Waals surface area contributed by atoms with E-state index < -0.39 is 11.8 Å². The van der Waals surface area contributed by atoms with Crippen molar-refractivity contribution in [2.75, 3.05) is 13.1 Å². The first-order valence-electron chi connectivity index (χ1n) is 8.39. The van der Waals surface area contributed by atoms with Gasteiger partial charge in [0.15, 0.2) is 0 Å². The number of hydrogen-bond acceptors (Lipinski definition) is 3. The van der Waals surface area contributed by atoms with E-state index in [1.807, 2.05) is 6.92 Å². The van der Waals surface area contributed by atoms with E-state index in [1.54, 1.807) is 37.3 Å². The maximum atomic E-state index is 13.3. The topological polar surface area (TPSA) is 57.7 Å². The van der Waals surface area contributed by atoms with Crippen LogP contribution in [0.1, 0.15) is 38.8 Å². The SMILES string of the molecule is CCN(Cc1cccc(F)c1)C(=O)CN1C(=O)c2ccc(C)cc2C1=O. The second-order valence-electron chi connectivity index (χ2n) is 6.28. The third-order valence-corrected chi connectivity index (χ3v) is 4.42. The molecule has 0 saturated heterocycles. The normalized spacial score (nSPS) is 13.1. The summed E-state index contributed by atoms with van der Waals surface area (Å²) in [5.74, 6) is -1.64. The number of nitrogens with zero attached hydrogens (tertiary/aromatic N) is 2. The zero-order valence-corrected chi connectivity index (χ0v) is 14.7. The summed E-state index contributed by atoms with van der Waals surface area (Å²) in [6.07, 6.45) is 0. The maximum absolute atomic E-state index is 13.3. The van der Waals surface area contributed by atoms with Crippen LogP contribution in [0.4, 0.5) is 4.39 Å². The Morgan fingerprint density at radius 1 is 1.08 bits per heavy atom. The number of imide groups is 1. The molecule has 0 radical (unpaired) electrons. The van der Waals surface area contributed by atoms with Crippen LogP contribution >= 0.6 is 0 Å². The van der Waals surface area contributed by atoms with Crippen LogP contribution in [0.5, 0.6) is 0 Å². The maximum Gasteiger partial charge on any atom is 0.262 e. The van der Waals surface area contributed by atoms with E-state index in [1.165, 1.54) is 17.0 Å². The minimum atomic E-state index is -0.458. The average molecular weight is 354 g/mol. The van der Waals surface area contributed by atoms with Crippen molar-refractivity contribution < 1.29 is 18.8 Å². The minimum Gasteiger partial charge on any atom is -0.337 e. The molecule has 0 aromatic heterocycles. The molecule has 26 heavy (non-hydrogen) atoms. The van der Waals surface area contributed by atoms with E-state index in [9.17, 15) is 18.8 Å². The van der Waals surface area contributed by atoms with Crippen molar-refractivity contribution in [3.8, 4) is 0 Å². The molecule has 0 aliphatic carbocycles. The van der Waals surface area contributed by atoms with Crippen molar-refractivity contribution in [1.82, 2.24) is 9.80 Å². The first-order valence-corrected chi connectivity index (χ1v) is 8.39. The molecule has 134 valence electrons. The molecule has 3 amide bonds. The van der Waals surface area contributed by atoms with Gasteiger partial charge in [0.1, 0.15) is 12.4 Å². The van der Waals surface area contributed by atoms with Gasteiger partial charge in [-0.15, -0.1) is 0 Å². The van der Waals surface area contributed by atoms with E-state index in [0.29, 0.717) is 23.2 Å². The van der Waals surface area contributed by atoms with E-state index in [-0.39, 0.29) is 24.8 Å². The van der Waals surface area contributed by atoms with Crippen LogP contribution in [0.2, 0.25) is 0 Å². The first-order chi connectivity index (χ1) is 12.4. The van der Waals surface area contributed by atoms with Gasteiger partial charge in [0.05, 0.1) is 11.1 Å². The van der Waals surface area contributed by atoms with E-state index in [4.69, 9.17) is 0 Å². The number of benzene rings is 2. The van der Waals surface area contributed by atoms with Crippen molar-refractivity contribution in [2.45, 2.75) is 20.4 Å². The summed E-state index contributed by atoms with van der Waals surface area (Å²) in [6, 6.07) is 11.0. The van der Waals surface area contributed by atoms with Gasteiger partial charge >= 0.3 is 0 Å². The fourth-order valence-electron chi connectivity index (χ4n) is 3.02. The van der Waals surface area contributed by atoms with Gasteiger partial charge in [-0.2, -0.15) is 0 Å². The molecule has 3 rings (SSSR count). The first kappa shape index (κ1) is 17.8. The highest BCUT2D eigenvalue weighted by atomic mass is 19.1. The second-order valence-corrected chi connectivity index (χ2v) is 6.28. The third-order valence-electron chi connectivity index (χ3n) is 4.42. The number of hydrogen-bond donors (Lipinski definition) is 0. The molecule has 0 bridgehead atoms. The Bertz CT molecular complexity index is 894. The van der Waals surface area contributed by atoms with Crippen LogP contribution < -0.4 is 0 Å². The lowest BCUT2D eigenvalue weighted by Gasteiger charge is -2.23. The number of fused-ring (bicyclic) bond motifs is 1. The summed E-state index contributed by atoms with van der Waals surface area (Å²) in [7, 11) is 0. The van der Waals surface area contributed by atoms with Crippen LogP contribution in [0.3, 0.4) is 0 Å². The Morgan fingerprint density at radius 3 is 2.50 bits per heavy atom. The number of likely N-dealkylation sites (N-methyl/N-ethyl adjacent to an activating group) is 1. The van der Waals surface area contributed by atoms with Crippen molar-refractivity contribution in [3.05, 3.63) is 70.5 Å². The molecule has 6 heteroatoms. The highest BCUT2D eigenvalue weighted by molar-refractivity contribution is 6.22.